The second-order valence-electron chi connectivity index (χ2n) is 5.70. The number of carbonyl (C=O) groups is 2. The zero-order valence-corrected chi connectivity index (χ0v) is 13.7. The maximum Gasteiger partial charge on any atom is 0.246 e. The average molecular weight is 320 g/mol. The Morgan fingerprint density at radius 2 is 1.83 bits per heavy atom. The van der Waals surface area contributed by atoms with Crippen molar-refractivity contribution in [3.8, 4) is 5.75 Å². The second kappa shape index (κ2) is 8.64. The van der Waals surface area contributed by atoms with E-state index in [1.807, 2.05) is 0 Å². The first-order chi connectivity index (χ1) is 11.1. The van der Waals surface area contributed by atoms with Gasteiger partial charge in [-0.2, -0.15) is 0 Å². The Balaban J connectivity index is 1.77. The van der Waals surface area contributed by atoms with Crippen molar-refractivity contribution in [1.29, 1.82) is 0 Å². The van der Waals surface area contributed by atoms with E-state index in [2.05, 4.69) is 10.2 Å². The van der Waals surface area contributed by atoms with Crippen molar-refractivity contribution in [2.75, 3.05) is 40.5 Å². The highest BCUT2D eigenvalue weighted by molar-refractivity contribution is 5.97. The van der Waals surface area contributed by atoms with Crippen LogP contribution < -0.4 is 10.1 Å². The summed E-state index contributed by atoms with van der Waals surface area (Å²) in [4.78, 5) is 25.9. The van der Waals surface area contributed by atoms with E-state index >= 15 is 0 Å². The molecule has 1 N–H and O–H groups in total. The van der Waals surface area contributed by atoms with Gasteiger partial charge in [-0.05, 0) is 37.1 Å². The summed E-state index contributed by atoms with van der Waals surface area (Å²) in [6.45, 7) is 2.11. The lowest BCUT2D eigenvalue weighted by Crippen LogP contribution is -2.46. The summed E-state index contributed by atoms with van der Waals surface area (Å²) in [6.07, 6.45) is 1.71. The summed E-state index contributed by atoms with van der Waals surface area (Å²) in [7, 11) is 3.11. The molecule has 1 saturated heterocycles. The number of hydrogen-bond donors (Lipinski definition) is 1. The molecule has 126 valence electrons. The molecule has 1 aromatic carbocycles. The first-order valence-corrected chi connectivity index (χ1v) is 7.80. The molecule has 0 aromatic heterocycles. The molecule has 1 aliphatic heterocycles. The number of piperidine rings is 1. The van der Waals surface area contributed by atoms with Crippen LogP contribution in [0.1, 0.15) is 23.2 Å². The lowest BCUT2D eigenvalue weighted by molar-refractivity contribution is -0.125. The fourth-order valence-corrected chi connectivity index (χ4v) is 2.71. The lowest BCUT2D eigenvalue weighted by Gasteiger charge is -2.31. The molecule has 0 radical (unpaired) electrons. The van der Waals surface area contributed by atoms with Crippen LogP contribution in [0.3, 0.4) is 0 Å². The van der Waals surface area contributed by atoms with Gasteiger partial charge in [-0.3, -0.25) is 14.5 Å². The summed E-state index contributed by atoms with van der Waals surface area (Å²) in [5.74, 6) is 0.768. The number of amides is 1. The summed E-state index contributed by atoms with van der Waals surface area (Å²) in [5, 5.41) is 2.95. The number of hydrogen-bond acceptors (Lipinski definition) is 5. The zero-order chi connectivity index (χ0) is 16.7. The van der Waals surface area contributed by atoms with Crippen molar-refractivity contribution in [1.82, 2.24) is 10.2 Å². The van der Waals surface area contributed by atoms with Gasteiger partial charge in [-0.25, -0.2) is 0 Å². The number of likely N-dealkylation sites (tertiary alicyclic amines) is 1. The van der Waals surface area contributed by atoms with E-state index in [9.17, 15) is 9.59 Å². The van der Waals surface area contributed by atoms with Crippen LogP contribution in [0.25, 0.3) is 0 Å². The van der Waals surface area contributed by atoms with Gasteiger partial charge in [-0.1, -0.05) is 0 Å². The molecule has 0 saturated carbocycles. The number of ketones is 1. The van der Waals surface area contributed by atoms with Gasteiger partial charge in [0, 0.05) is 31.8 Å². The number of methoxy groups -OCH3 is 2. The van der Waals surface area contributed by atoms with Gasteiger partial charge in [0.05, 0.1) is 13.7 Å². The summed E-state index contributed by atoms with van der Waals surface area (Å²) in [5.41, 5.74) is 0.696. The third kappa shape index (κ3) is 5.33. The van der Waals surface area contributed by atoms with Crippen molar-refractivity contribution in [2.45, 2.75) is 18.9 Å². The molecule has 0 bridgehead atoms. The fraction of sp³-hybridized carbons (Fsp3) is 0.529. The Morgan fingerprint density at radius 3 is 2.39 bits per heavy atom. The second-order valence-corrected chi connectivity index (χ2v) is 5.70. The number of rotatable bonds is 7. The average Bonchev–Trinajstić information content (AvgIpc) is 2.57. The highest BCUT2D eigenvalue weighted by Gasteiger charge is 2.22. The van der Waals surface area contributed by atoms with Crippen molar-refractivity contribution in [2.24, 2.45) is 0 Å². The Labute approximate surface area is 136 Å². The summed E-state index contributed by atoms with van der Waals surface area (Å²) < 4.78 is 9.90. The van der Waals surface area contributed by atoms with Crippen molar-refractivity contribution < 1.29 is 19.1 Å². The standard InChI is InChI=1S/C17H24N2O4/c1-22-12-17(21)18-14-7-9-19(10-8-14)11-16(20)13-3-5-15(23-2)6-4-13/h3-6,14H,7-12H2,1-2H3,(H,18,21). The Hall–Kier alpha value is -1.92. The number of Topliss-reactive ketones (excluding diaryl/α,β-unsaturated/α-hetero) is 1. The first kappa shape index (κ1) is 17.4. The third-order valence-corrected chi connectivity index (χ3v) is 4.01. The van der Waals surface area contributed by atoms with Gasteiger partial charge in [0.15, 0.2) is 5.78 Å². The van der Waals surface area contributed by atoms with Gasteiger partial charge >= 0.3 is 0 Å². The first-order valence-electron chi connectivity index (χ1n) is 7.80. The Kier molecular flexibility index (Phi) is 6.55. The highest BCUT2D eigenvalue weighted by atomic mass is 16.5. The molecule has 1 aromatic rings. The Bertz CT molecular complexity index is 522. The Morgan fingerprint density at radius 1 is 1.17 bits per heavy atom. The topological polar surface area (TPSA) is 67.9 Å². The molecule has 6 heteroatoms. The predicted octanol–water partition coefficient (Wildman–Crippen LogP) is 1.10. The van der Waals surface area contributed by atoms with Crippen LogP contribution in [0.5, 0.6) is 5.75 Å². The van der Waals surface area contributed by atoms with Crippen LogP contribution in [0, 0.1) is 0 Å². The van der Waals surface area contributed by atoms with Gasteiger partial charge in [0.25, 0.3) is 0 Å². The van der Waals surface area contributed by atoms with Gasteiger partial charge in [-0.15, -0.1) is 0 Å². The number of carbonyl (C=O) groups excluding carboxylic acids is 2. The predicted molar refractivity (Wildman–Crippen MR) is 86.8 cm³/mol. The minimum Gasteiger partial charge on any atom is -0.497 e. The van der Waals surface area contributed by atoms with E-state index in [1.54, 1.807) is 31.4 Å². The molecule has 1 aliphatic rings. The maximum atomic E-state index is 12.3. The summed E-state index contributed by atoms with van der Waals surface area (Å²) >= 11 is 0. The number of nitrogens with zero attached hydrogens (tertiary/aromatic N) is 1. The zero-order valence-electron chi connectivity index (χ0n) is 13.7. The van der Waals surface area contributed by atoms with Gasteiger partial charge in [0.1, 0.15) is 12.4 Å². The van der Waals surface area contributed by atoms with Crippen LogP contribution in [0.4, 0.5) is 0 Å². The minimum atomic E-state index is -0.0831. The largest absolute Gasteiger partial charge is 0.497 e. The van der Waals surface area contributed by atoms with Crippen molar-refractivity contribution >= 4 is 11.7 Å². The number of benzene rings is 1. The van der Waals surface area contributed by atoms with E-state index in [-0.39, 0.29) is 24.3 Å². The van der Waals surface area contributed by atoms with E-state index in [1.165, 1.54) is 7.11 Å². The molecule has 1 fully saturated rings. The molecule has 2 rings (SSSR count). The van der Waals surface area contributed by atoms with Crippen LogP contribution in [-0.2, 0) is 9.53 Å². The van der Waals surface area contributed by atoms with Crippen molar-refractivity contribution in [3.05, 3.63) is 29.8 Å². The molecule has 6 nitrogen and oxygen atoms in total. The van der Waals surface area contributed by atoms with E-state index in [0.29, 0.717) is 12.1 Å². The minimum absolute atomic E-state index is 0.0831. The van der Waals surface area contributed by atoms with Crippen LogP contribution in [0.2, 0.25) is 0 Å². The smallest absolute Gasteiger partial charge is 0.246 e. The fourth-order valence-electron chi connectivity index (χ4n) is 2.71. The highest BCUT2D eigenvalue weighted by Crippen LogP contribution is 2.14. The number of ether oxygens (including phenoxy) is 2. The van der Waals surface area contributed by atoms with E-state index in [0.717, 1.165) is 31.7 Å². The molecular weight excluding hydrogens is 296 g/mol. The summed E-state index contributed by atoms with van der Waals surface area (Å²) in [6, 6.07) is 7.35. The van der Waals surface area contributed by atoms with Gasteiger partial charge in [0.2, 0.25) is 5.91 Å². The molecule has 1 heterocycles. The van der Waals surface area contributed by atoms with Crippen molar-refractivity contribution in [3.63, 3.8) is 0 Å². The normalized spacial score (nSPS) is 16.1. The molecule has 23 heavy (non-hydrogen) atoms. The van der Waals surface area contributed by atoms with E-state index in [4.69, 9.17) is 9.47 Å². The van der Waals surface area contributed by atoms with Gasteiger partial charge < -0.3 is 14.8 Å². The molecule has 0 atom stereocenters. The third-order valence-electron chi connectivity index (χ3n) is 4.01. The van der Waals surface area contributed by atoms with E-state index < -0.39 is 0 Å². The maximum absolute atomic E-state index is 12.3. The number of nitrogens with one attached hydrogen (secondary N) is 1. The molecular formula is C17H24N2O4. The van der Waals surface area contributed by atoms with Crippen LogP contribution in [0.15, 0.2) is 24.3 Å². The molecule has 0 aliphatic carbocycles. The molecule has 0 spiro atoms. The molecule has 1 amide bonds. The lowest BCUT2D eigenvalue weighted by atomic mass is 10.0. The monoisotopic (exact) mass is 320 g/mol. The van der Waals surface area contributed by atoms with Crippen LogP contribution in [-0.4, -0.2) is 63.1 Å². The van der Waals surface area contributed by atoms with Crippen LogP contribution >= 0.6 is 0 Å². The molecule has 0 unspecified atom stereocenters. The quantitative estimate of drug-likeness (QED) is 0.762. The SMILES string of the molecule is COCC(=O)NC1CCN(CC(=O)c2ccc(OC)cc2)CC1.